The van der Waals surface area contributed by atoms with Crippen molar-refractivity contribution in [1.29, 1.82) is 0 Å². The Labute approximate surface area is 118 Å². The molecule has 0 fully saturated rings. The molecule has 0 saturated carbocycles. The third kappa shape index (κ3) is 3.49. The molecule has 0 radical (unpaired) electrons. The second-order valence-electron chi connectivity index (χ2n) is 5.03. The van der Waals surface area contributed by atoms with E-state index in [0.29, 0.717) is 12.4 Å². The molecule has 0 aliphatic carbocycles. The van der Waals surface area contributed by atoms with Crippen molar-refractivity contribution in [2.45, 2.75) is 45.8 Å². The van der Waals surface area contributed by atoms with E-state index in [9.17, 15) is 4.79 Å². The van der Waals surface area contributed by atoms with Crippen molar-refractivity contribution >= 4 is 17.6 Å². The van der Waals surface area contributed by atoms with E-state index in [-0.39, 0.29) is 18.2 Å². The van der Waals surface area contributed by atoms with Crippen LogP contribution in [0.1, 0.15) is 39.7 Å². The molecule has 0 spiro atoms. The van der Waals surface area contributed by atoms with Gasteiger partial charge in [-0.25, -0.2) is 9.48 Å². The molecular formula is C13H21N5O2. The molecule has 7 heteroatoms. The fourth-order valence-corrected chi connectivity index (χ4v) is 2.00. The van der Waals surface area contributed by atoms with Crippen molar-refractivity contribution in [2.75, 3.05) is 11.9 Å². The second-order valence-corrected chi connectivity index (χ2v) is 5.03. The van der Waals surface area contributed by atoms with Crippen molar-refractivity contribution in [2.24, 2.45) is 5.16 Å². The van der Waals surface area contributed by atoms with Gasteiger partial charge in [-0.2, -0.15) is 5.10 Å². The molecule has 110 valence electrons. The molecule has 2 heterocycles. The van der Waals surface area contributed by atoms with Gasteiger partial charge in [-0.05, 0) is 20.3 Å². The molecule has 2 rings (SSSR count). The first-order valence-electron chi connectivity index (χ1n) is 6.90. The Bertz CT molecular complexity index is 495. The van der Waals surface area contributed by atoms with Gasteiger partial charge in [-0.1, -0.05) is 12.1 Å². The minimum absolute atomic E-state index is 0.0642. The second kappa shape index (κ2) is 6.40. The summed E-state index contributed by atoms with van der Waals surface area (Å²) in [7, 11) is 0. The first kappa shape index (κ1) is 14.4. The number of aromatic nitrogens is 2. The maximum Gasteiger partial charge on any atom is 0.320 e. The molecule has 1 atom stereocenters. The lowest BCUT2D eigenvalue weighted by Crippen LogP contribution is -2.36. The summed E-state index contributed by atoms with van der Waals surface area (Å²) in [5.74, 6) is 0.676. The Hall–Kier alpha value is -2.05. The lowest BCUT2D eigenvalue weighted by Gasteiger charge is -2.13. The molecule has 7 nitrogen and oxygen atoms in total. The van der Waals surface area contributed by atoms with Gasteiger partial charge < -0.3 is 10.2 Å². The van der Waals surface area contributed by atoms with Gasteiger partial charge in [0.05, 0.1) is 18.5 Å². The molecule has 0 saturated heterocycles. The zero-order valence-corrected chi connectivity index (χ0v) is 12.1. The highest BCUT2D eigenvalue weighted by molar-refractivity contribution is 5.88. The molecule has 20 heavy (non-hydrogen) atoms. The van der Waals surface area contributed by atoms with E-state index in [0.717, 1.165) is 18.6 Å². The van der Waals surface area contributed by atoms with Crippen LogP contribution in [0.5, 0.6) is 0 Å². The number of nitrogens with zero attached hydrogens (tertiary/aromatic N) is 3. The number of carbonyl (C=O) groups is 1. The van der Waals surface area contributed by atoms with E-state index in [1.165, 1.54) is 0 Å². The SMILES string of the molecule is CCC1=NO[C@H](CNC(=O)Nc2ccnn2C(C)C)C1. The minimum atomic E-state index is -0.263. The van der Waals surface area contributed by atoms with E-state index >= 15 is 0 Å². The van der Waals surface area contributed by atoms with Gasteiger partial charge in [0.15, 0.2) is 0 Å². The Morgan fingerprint density at radius 3 is 3.05 bits per heavy atom. The topological polar surface area (TPSA) is 80.5 Å². The first-order chi connectivity index (χ1) is 9.60. The lowest BCUT2D eigenvalue weighted by molar-refractivity contribution is 0.0869. The van der Waals surface area contributed by atoms with Crippen LogP contribution in [0.2, 0.25) is 0 Å². The number of anilines is 1. The third-order valence-corrected chi connectivity index (χ3v) is 3.09. The molecular weight excluding hydrogens is 258 g/mol. The fraction of sp³-hybridized carbons (Fsp3) is 0.615. The Morgan fingerprint density at radius 2 is 2.40 bits per heavy atom. The van der Waals surface area contributed by atoms with Crippen molar-refractivity contribution in [3.63, 3.8) is 0 Å². The maximum atomic E-state index is 11.8. The summed E-state index contributed by atoms with van der Waals surface area (Å²) in [6.45, 7) is 6.49. The largest absolute Gasteiger partial charge is 0.390 e. The van der Waals surface area contributed by atoms with Crippen LogP contribution in [0, 0.1) is 0 Å². The number of rotatable bonds is 5. The van der Waals surface area contributed by atoms with Gasteiger partial charge in [-0.3, -0.25) is 5.32 Å². The molecule has 1 aliphatic heterocycles. The number of carbonyl (C=O) groups excluding carboxylic acids is 1. The van der Waals surface area contributed by atoms with E-state index in [1.807, 2.05) is 20.8 Å². The van der Waals surface area contributed by atoms with E-state index in [4.69, 9.17) is 4.84 Å². The van der Waals surface area contributed by atoms with Crippen LogP contribution in [-0.4, -0.2) is 34.2 Å². The fourth-order valence-electron chi connectivity index (χ4n) is 2.00. The quantitative estimate of drug-likeness (QED) is 0.866. The molecule has 0 aromatic carbocycles. The molecule has 1 aromatic rings. The van der Waals surface area contributed by atoms with Gasteiger partial charge >= 0.3 is 6.03 Å². The Balaban J connectivity index is 1.77. The highest BCUT2D eigenvalue weighted by Crippen LogP contribution is 2.13. The Kier molecular flexibility index (Phi) is 4.60. The summed E-state index contributed by atoms with van der Waals surface area (Å²) in [4.78, 5) is 17.1. The summed E-state index contributed by atoms with van der Waals surface area (Å²) in [5.41, 5.74) is 1.04. The highest BCUT2D eigenvalue weighted by Gasteiger charge is 2.20. The lowest BCUT2D eigenvalue weighted by atomic mass is 10.1. The van der Waals surface area contributed by atoms with E-state index in [2.05, 4.69) is 20.9 Å². The van der Waals surface area contributed by atoms with E-state index < -0.39 is 0 Å². The molecule has 1 aliphatic rings. The summed E-state index contributed by atoms with van der Waals surface area (Å²) in [6, 6.07) is 1.70. The van der Waals surface area contributed by atoms with Gasteiger partial charge in [0.2, 0.25) is 0 Å². The molecule has 1 aromatic heterocycles. The summed E-state index contributed by atoms with van der Waals surface area (Å²) >= 11 is 0. The predicted octanol–water partition coefficient (Wildman–Crippen LogP) is 2.14. The third-order valence-electron chi connectivity index (χ3n) is 3.09. The number of nitrogens with one attached hydrogen (secondary N) is 2. The standard InChI is InChI=1S/C13H21N5O2/c1-4-10-7-11(20-17-10)8-14-13(19)16-12-5-6-15-18(12)9(2)3/h5-6,9,11H,4,7-8H2,1-3H3,(H2,14,16,19)/t11-/m0/s1. The average Bonchev–Trinajstić information content (AvgIpc) is 3.04. The van der Waals surface area contributed by atoms with Crippen molar-refractivity contribution in [3.8, 4) is 0 Å². The summed E-state index contributed by atoms with van der Waals surface area (Å²) < 4.78 is 1.75. The van der Waals surface area contributed by atoms with Crippen LogP contribution in [0.15, 0.2) is 17.4 Å². The number of hydrogen-bond acceptors (Lipinski definition) is 4. The van der Waals surface area contributed by atoms with Crippen molar-refractivity contribution in [3.05, 3.63) is 12.3 Å². The van der Waals surface area contributed by atoms with Gasteiger partial charge in [0, 0.05) is 18.5 Å². The number of amides is 2. The highest BCUT2D eigenvalue weighted by atomic mass is 16.6. The van der Waals surface area contributed by atoms with E-state index in [1.54, 1.807) is 16.9 Å². The van der Waals surface area contributed by atoms with Crippen LogP contribution in [0.4, 0.5) is 10.6 Å². The molecule has 2 amide bonds. The van der Waals surface area contributed by atoms with Gasteiger partial charge in [-0.15, -0.1) is 0 Å². The van der Waals surface area contributed by atoms with Crippen LogP contribution < -0.4 is 10.6 Å². The predicted molar refractivity (Wildman–Crippen MR) is 76.8 cm³/mol. The monoisotopic (exact) mass is 279 g/mol. The van der Waals surface area contributed by atoms with Gasteiger partial charge in [0.1, 0.15) is 11.9 Å². The number of urea groups is 1. The maximum absolute atomic E-state index is 11.8. The normalized spacial score (nSPS) is 17.8. The zero-order valence-electron chi connectivity index (χ0n) is 12.1. The van der Waals surface area contributed by atoms with Crippen LogP contribution in [0.3, 0.4) is 0 Å². The van der Waals surface area contributed by atoms with Gasteiger partial charge in [0.25, 0.3) is 0 Å². The number of hydrogen-bond donors (Lipinski definition) is 2. The smallest absolute Gasteiger partial charge is 0.320 e. The Morgan fingerprint density at radius 1 is 1.60 bits per heavy atom. The minimum Gasteiger partial charge on any atom is -0.390 e. The first-order valence-corrected chi connectivity index (χ1v) is 6.90. The summed E-state index contributed by atoms with van der Waals surface area (Å²) in [5, 5.41) is 13.7. The van der Waals surface area contributed by atoms with Crippen molar-refractivity contribution in [1.82, 2.24) is 15.1 Å². The zero-order chi connectivity index (χ0) is 14.5. The van der Waals surface area contributed by atoms with Crippen molar-refractivity contribution < 1.29 is 9.63 Å². The summed E-state index contributed by atoms with van der Waals surface area (Å²) in [6.07, 6.45) is 3.26. The number of oxime groups is 1. The van der Waals surface area contributed by atoms with Crippen LogP contribution >= 0.6 is 0 Å². The molecule has 0 bridgehead atoms. The molecule has 0 unspecified atom stereocenters. The van der Waals surface area contributed by atoms with Crippen LogP contribution in [0.25, 0.3) is 0 Å². The average molecular weight is 279 g/mol. The van der Waals surface area contributed by atoms with Crippen LogP contribution in [-0.2, 0) is 4.84 Å². The molecule has 2 N–H and O–H groups in total.